The summed E-state index contributed by atoms with van der Waals surface area (Å²) in [6.45, 7) is 2.57. The number of hydrogen-bond donors (Lipinski definition) is 1. The SMILES string of the molecule is CCCNCc1cc(F)c(OCCSC(F)(F)F)c(F)c1. The lowest BCUT2D eigenvalue weighted by atomic mass is 10.2. The number of halogens is 5. The zero-order valence-corrected chi connectivity index (χ0v) is 12.2. The zero-order valence-electron chi connectivity index (χ0n) is 11.4. The minimum Gasteiger partial charge on any atom is -0.487 e. The van der Waals surface area contributed by atoms with Crippen molar-refractivity contribution in [2.24, 2.45) is 0 Å². The third-order valence-electron chi connectivity index (χ3n) is 2.41. The van der Waals surface area contributed by atoms with E-state index in [1.165, 1.54) is 0 Å². The van der Waals surface area contributed by atoms with E-state index in [0.717, 1.165) is 25.1 Å². The van der Waals surface area contributed by atoms with Gasteiger partial charge in [0.2, 0.25) is 0 Å². The predicted octanol–water partition coefficient (Wildman–Crippen LogP) is 4.10. The van der Waals surface area contributed by atoms with Gasteiger partial charge in [0, 0.05) is 12.3 Å². The summed E-state index contributed by atoms with van der Waals surface area (Å²) >= 11 is -0.299. The molecule has 0 aliphatic heterocycles. The van der Waals surface area contributed by atoms with Crippen LogP contribution >= 0.6 is 11.8 Å². The Morgan fingerprint density at radius 2 is 1.81 bits per heavy atom. The fourth-order valence-electron chi connectivity index (χ4n) is 1.56. The Labute approximate surface area is 124 Å². The van der Waals surface area contributed by atoms with Crippen molar-refractivity contribution in [1.82, 2.24) is 5.32 Å². The van der Waals surface area contributed by atoms with Gasteiger partial charge in [0.25, 0.3) is 0 Å². The summed E-state index contributed by atoms with van der Waals surface area (Å²) in [6, 6.07) is 2.22. The molecule has 0 bridgehead atoms. The molecule has 0 spiro atoms. The highest BCUT2D eigenvalue weighted by molar-refractivity contribution is 8.00. The topological polar surface area (TPSA) is 21.3 Å². The average Bonchev–Trinajstić information content (AvgIpc) is 2.36. The van der Waals surface area contributed by atoms with Crippen LogP contribution in [0.1, 0.15) is 18.9 Å². The van der Waals surface area contributed by atoms with Crippen LogP contribution in [0.2, 0.25) is 0 Å². The number of thioether (sulfide) groups is 1. The molecule has 0 amide bonds. The Morgan fingerprint density at radius 1 is 1.19 bits per heavy atom. The van der Waals surface area contributed by atoms with E-state index in [9.17, 15) is 22.0 Å². The van der Waals surface area contributed by atoms with Crippen LogP contribution in [0.25, 0.3) is 0 Å². The minimum atomic E-state index is -4.38. The van der Waals surface area contributed by atoms with E-state index in [1.54, 1.807) is 0 Å². The van der Waals surface area contributed by atoms with Crippen LogP contribution in [0, 0.1) is 11.6 Å². The molecule has 1 aromatic carbocycles. The molecular weight excluding hydrogens is 313 g/mol. The Balaban J connectivity index is 2.55. The van der Waals surface area contributed by atoms with Gasteiger partial charge in [-0.15, -0.1) is 0 Å². The number of ether oxygens (including phenoxy) is 1. The van der Waals surface area contributed by atoms with Crippen molar-refractivity contribution in [2.75, 3.05) is 18.9 Å². The van der Waals surface area contributed by atoms with E-state index in [2.05, 4.69) is 5.32 Å². The zero-order chi connectivity index (χ0) is 15.9. The first-order valence-corrected chi connectivity index (χ1v) is 7.34. The third-order valence-corrected chi connectivity index (χ3v) is 3.11. The molecular formula is C13H16F5NOS. The second-order valence-corrected chi connectivity index (χ2v) is 5.37. The standard InChI is InChI=1S/C13H16F5NOS/c1-2-3-19-8-9-6-10(14)12(11(15)7-9)20-4-5-21-13(16,17)18/h6-7,19H,2-5,8H2,1H3. The fourth-order valence-corrected chi connectivity index (χ4v) is 1.96. The fraction of sp³-hybridized carbons (Fsp3) is 0.538. The van der Waals surface area contributed by atoms with E-state index >= 15 is 0 Å². The van der Waals surface area contributed by atoms with Gasteiger partial charge in [-0.05, 0) is 42.4 Å². The Kier molecular flexibility index (Phi) is 7.24. The molecule has 1 aromatic rings. The van der Waals surface area contributed by atoms with E-state index in [4.69, 9.17) is 4.74 Å². The molecule has 120 valence electrons. The van der Waals surface area contributed by atoms with Gasteiger partial charge in [-0.25, -0.2) is 8.78 Å². The summed E-state index contributed by atoms with van der Waals surface area (Å²) in [5.74, 6) is -2.90. The number of nitrogens with one attached hydrogen (secondary N) is 1. The van der Waals surface area contributed by atoms with Gasteiger partial charge in [-0.2, -0.15) is 13.2 Å². The van der Waals surface area contributed by atoms with Gasteiger partial charge in [0.05, 0.1) is 6.61 Å². The molecule has 0 unspecified atom stereocenters. The number of rotatable bonds is 8. The van der Waals surface area contributed by atoms with Crippen molar-refractivity contribution < 1.29 is 26.7 Å². The summed E-state index contributed by atoms with van der Waals surface area (Å²) in [4.78, 5) is 0. The van der Waals surface area contributed by atoms with E-state index < -0.39 is 35.3 Å². The lowest BCUT2D eigenvalue weighted by molar-refractivity contribution is -0.0329. The van der Waals surface area contributed by atoms with Gasteiger partial charge in [0.1, 0.15) is 0 Å². The van der Waals surface area contributed by atoms with Crippen LogP contribution < -0.4 is 10.1 Å². The quantitative estimate of drug-likeness (QED) is 0.573. The maximum Gasteiger partial charge on any atom is 0.441 e. The van der Waals surface area contributed by atoms with Crippen molar-refractivity contribution in [3.63, 3.8) is 0 Å². The largest absolute Gasteiger partial charge is 0.487 e. The molecule has 0 atom stereocenters. The maximum absolute atomic E-state index is 13.7. The van der Waals surface area contributed by atoms with E-state index in [1.807, 2.05) is 6.92 Å². The minimum absolute atomic E-state index is 0.299. The van der Waals surface area contributed by atoms with Crippen LogP contribution in [-0.2, 0) is 6.54 Å². The van der Waals surface area contributed by atoms with Crippen molar-refractivity contribution >= 4 is 11.8 Å². The predicted molar refractivity (Wildman–Crippen MR) is 72.4 cm³/mol. The molecule has 0 aliphatic carbocycles. The molecule has 1 rings (SSSR count). The molecule has 1 N–H and O–H groups in total. The lowest BCUT2D eigenvalue weighted by Gasteiger charge is -2.11. The molecule has 0 saturated heterocycles. The van der Waals surface area contributed by atoms with Crippen molar-refractivity contribution in [2.45, 2.75) is 25.4 Å². The van der Waals surface area contributed by atoms with Gasteiger partial charge in [-0.3, -0.25) is 0 Å². The molecule has 2 nitrogen and oxygen atoms in total. The Hall–Kier alpha value is -1.02. The van der Waals surface area contributed by atoms with E-state index in [0.29, 0.717) is 12.1 Å². The smallest absolute Gasteiger partial charge is 0.441 e. The molecule has 8 heteroatoms. The molecule has 0 heterocycles. The highest BCUT2D eigenvalue weighted by Crippen LogP contribution is 2.30. The highest BCUT2D eigenvalue weighted by atomic mass is 32.2. The second-order valence-electron chi connectivity index (χ2n) is 4.21. The lowest BCUT2D eigenvalue weighted by Crippen LogP contribution is -2.14. The average molecular weight is 329 g/mol. The first kappa shape index (κ1) is 18.0. The third kappa shape index (κ3) is 6.99. The first-order chi connectivity index (χ1) is 9.83. The normalized spacial score (nSPS) is 11.7. The molecule has 0 aliphatic rings. The van der Waals surface area contributed by atoms with Crippen molar-refractivity contribution in [1.29, 1.82) is 0 Å². The summed E-state index contributed by atoms with van der Waals surface area (Å²) < 4.78 is 67.7. The van der Waals surface area contributed by atoms with Crippen LogP contribution in [-0.4, -0.2) is 24.4 Å². The molecule has 0 aromatic heterocycles. The molecule has 0 radical (unpaired) electrons. The van der Waals surface area contributed by atoms with Crippen LogP contribution in [0.4, 0.5) is 22.0 Å². The monoisotopic (exact) mass is 329 g/mol. The first-order valence-electron chi connectivity index (χ1n) is 6.35. The van der Waals surface area contributed by atoms with Gasteiger partial charge in [-0.1, -0.05) is 6.92 Å². The summed E-state index contributed by atoms with van der Waals surface area (Å²) in [6.07, 6.45) is 0.892. The van der Waals surface area contributed by atoms with Crippen LogP contribution in [0.15, 0.2) is 12.1 Å². The Morgan fingerprint density at radius 3 is 2.33 bits per heavy atom. The molecule has 0 fully saturated rings. The van der Waals surface area contributed by atoms with Gasteiger partial charge in [0.15, 0.2) is 17.4 Å². The highest BCUT2D eigenvalue weighted by Gasteiger charge is 2.27. The summed E-state index contributed by atoms with van der Waals surface area (Å²) in [5.41, 5.74) is -3.97. The molecule has 21 heavy (non-hydrogen) atoms. The van der Waals surface area contributed by atoms with Crippen LogP contribution in [0.5, 0.6) is 5.75 Å². The van der Waals surface area contributed by atoms with Crippen LogP contribution in [0.3, 0.4) is 0 Å². The Bertz CT molecular complexity index is 430. The maximum atomic E-state index is 13.7. The summed E-state index contributed by atoms with van der Waals surface area (Å²) in [7, 11) is 0. The van der Waals surface area contributed by atoms with Crippen molar-refractivity contribution in [3.8, 4) is 5.75 Å². The van der Waals surface area contributed by atoms with Crippen molar-refractivity contribution in [3.05, 3.63) is 29.3 Å². The second kappa shape index (κ2) is 8.43. The number of benzene rings is 1. The van der Waals surface area contributed by atoms with Gasteiger partial charge >= 0.3 is 5.51 Å². The van der Waals surface area contributed by atoms with Gasteiger partial charge < -0.3 is 10.1 Å². The number of alkyl halides is 3. The number of hydrogen-bond acceptors (Lipinski definition) is 3. The molecule has 0 saturated carbocycles. The summed E-state index contributed by atoms with van der Waals surface area (Å²) in [5, 5.41) is 2.99. The van der Waals surface area contributed by atoms with E-state index in [-0.39, 0.29) is 11.8 Å².